The summed E-state index contributed by atoms with van der Waals surface area (Å²) in [5.41, 5.74) is 5.36. The van der Waals surface area contributed by atoms with Gasteiger partial charge in [0.15, 0.2) is 9.84 Å². The van der Waals surface area contributed by atoms with E-state index in [-0.39, 0.29) is 17.7 Å². The van der Waals surface area contributed by atoms with Crippen molar-refractivity contribution in [2.24, 2.45) is 5.73 Å². The number of nitrogens with two attached hydrogens (primary N) is 1. The molecular formula is C11H20N2O3S. The smallest absolute Gasteiger partial charge is 0.220 e. The monoisotopic (exact) mass is 260 g/mol. The average molecular weight is 260 g/mol. The summed E-state index contributed by atoms with van der Waals surface area (Å²) in [6.07, 6.45) is 5.84. The minimum atomic E-state index is -3.08. The normalized spacial score (nSPS) is 21.6. The number of nitrogens with one attached hydrogen (secondary N) is 1. The van der Waals surface area contributed by atoms with E-state index in [0.717, 1.165) is 25.7 Å². The maximum atomic E-state index is 11.5. The van der Waals surface area contributed by atoms with E-state index in [4.69, 9.17) is 5.73 Å². The van der Waals surface area contributed by atoms with Crippen LogP contribution in [0.15, 0.2) is 11.5 Å². The highest BCUT2D eigenvalue weighted by molar-refractivity contribution is 7.94. The average Bonchev–Trinajstić information content (AvgIpc) is 2.57. The fourth-order valence-corrected chi connectivity index (χ4v) is 2.96. The van der Waals surface area contributed by atoms with Gasteiger partial charge in [0.05, 0.1) is 11.8 Å². The van der Waals surface area contributed by atoms with E-state index in [9.17, 15) is 13.2 Å². The fraction of sp³-hybridized carbons (Fsp3) is 0.727. The Hall–Kier alpha value is -0.880. The van der Waals surface area contributed by atoms with Gasteiger partial charge < -0.3 is 11.1 Å². The number of amides is 1. The number of carbonyl (C=O) groups is 1. The van der Waals surface area contributed by atoms with E-state index in [1.807, 2.05) is 0 Å². The Morgan fingerprint density at radius 3 is 2.59 bits per heavy atom. The number of sulfone groups is 1. The molecule has 1 rings (SSSR count). The molecule has 0 aromatic carbocycles. The van der Waals surface area contributed by atoms with Crippen LogP contribution >= 0.6 is 0 Å². The SMILES string of the molecule is NCCCCCCC(=O)NC1C=CS(=O)(=O)C1. The molecule has 1 amide bonds. The predicted molar refractivity (Wildman–Crippen MR) is 67.0 cm³/mol. The highest BCUT2D eigenvalue weighted by atomic mass is 32.2. The summed E-state index contributed by atoms with van der Waals surface area (Å²) < 4.78 is 22.2. The van der Waals surface area contributed by atoms with Crippen LogP contribution in [0.2, 0.25) is 0 Å². The van der Waals surface area contributed by atoms with E-state index in [1.165, 1.54) is 11.5 Å². The lowest BCUT2D eigenvalue weighted by Crippen LogP contribution is -2.35. The van der Waals surface area contributed by atoms with E-state index in [2.05, 4.69) is 5.32 Å². The molecule has 6 heteroatoms. The summed E-state index contributed by atoms with van der Waals surface area (Å²) in [6, 6.07) is -0.350. The molecule has 1 heterocycles. The molecule has 3 N–H and O–H groups in total. The molecule has 0 spiro atoms. The summed E-state index contributed by atoms with van der Waals surface area (Å²) in [5, 5.41) is 3.86. The third-order valence-corrected chi connectivity index (χ3v) is 4.03. The van der Waals surface area contributed by atoms with E-state index in [0.29, 0.717) is 13.0 Å². The highest BCUT2D eigenvalue weighted by Crippen LogP contribution is 2.08. The zero-order valence-corrected chi connectivity index (χ0v) is 10.7. The lowest BCUT2D eigenvalue weighted by atomic mass is 10.1. The van der Waals surface area contributed by atoms with Gasteiger partial charge in [0.2, 0.25) is 5.91 Å². The van der Waals surface area contributed by atoms with Gasteiger partial charge in [-0.1, -0.05) is 12.8 Å². The van der Waals surface area contributed by atoms with Crippen molar-refractivity contribution in [2.75, 3.05) is 12.3 Å². The van der Waals surface area contributed by atoms with Crippen LogP contribution in [0.4, 0.5) is 0 Å². The largest absolute Gasteiger partial charge is 0.349 e. The molecule has 0 saturated carbocycles. The molecule has 0 radical (unpaired) electrons. The summed E-state index contributed by atoms with van der Waals surface area (Å²) >= 11 is 0. The molecule has 0 aromatic heterocycles. The Balaban J connectivity index is 2.12. The van der Waals surface area contributed by atoms with Crippen LogP contribution in [0.25, 0.3) is 0 Å². The Morgan fingerprint density at radius 1 is 1.29 bits per heavy atom. The molecule has 0 saturated heterocycles. The Labute approximate surface area is 102 Å². The van der Waals surface area contributed by atoms with Gasteiger partial charge in [-0.25, -0.2) is 8.42 Å². The van der Waals surface area contributed by atoms with Gasteiger partial charge in [-0.3, -0.25) is 4.79 Å². The van der Waals surface area contributed by atoms with Gasteiger partial charge in [-0.15, -0.1) is 0 Å². The summed E-state index contributed by atoms with van der Waals surface area (Å²) in [4.78, 5) is 11.5. The van der Waals surface area contributed by atoms with Crippen molar-refractivity contribution >= 4 is 15.7 Å². The van der Waals surface area contributed by atoms with Crippen molar-refractivity contribution in [1.82, 2.24) is 5.32 Å². The minimum Gasteiger partial charge on any atom is -0.349 e. The molecular weight excluding hydrogens is 240 g/mol. The molecule has 1 atom stereocenters. The molecule has 98 valence electrons. The minimum absolute atomic E-state index is 0.00802. The maximum Gasteiger partial charge on any atom is 0.220 e. The van der Waals surface area contributed by atoms with Crippen LogP contribution in [-0.2, 0) is 14.6 Å². The van der Waals surface area contributed by atoms with Crippen molar-refractivity contribution in [3.8, 4) is 0 Å². The Kier molecular flexibility index (Phi) is 5.64. The first-order valence-corrected chi connectivity index (χ1v) is 7.65. The molecule has 0 aromatic rings. The van der Waals surface area contributed by atoms with Gasteiger partial charge in [0.25, 0.3) is 0 Å². The van der Waals surface area contributed by atoms with Crippen molar-refractivity contribution in [2.45, 2.75) is 38.1 Å². The topological polar surface area (TPSA) is 89.3 Å². The predicted octanol–water partition coefficient (Wildman–Crippen LogP) is 0.323. The van der Waals surface area contributed by atoms with Crippen LogP contribution < -0.4 is 11.1 Å². The second-order valence-corrected chi connectivity index (χ2v) is 6.22. The van der Waals surface area contributed by atoms with Crippen LogP contribution in [0.5, 0.6) is 0 Å². The van der Waals surface area contributed by atoms with Gasteiger partial charge in [0, 0.05) is 11.8 Å². The first-order valence-electron chi connectivity index (χ1n) is 5.94. The number of hydrogen-bond acceptors (Lipinski definition) is 4. The highest BCUT2D eigenvalue weighted by Gasteiger charge is 2.22. The first kappa shape index (κ1) is 14.2. The number of carbonyl (C=O) groups excluding carboxylic acids is 1. The van der Waals surface area contributed by atoms with Gasteiger partial charge in [-0.05, 0) is 25.5 Å². The fourth-order valence-electron chi connectivity index (χ4n) is 1.73. The van der Waals surface area contributed by atoms with Gasteiger partial charge in [-0.2, -0.15) is 0 Å². The lowest BCUT2D eigenvalue weighted by molar-refractivity contribution is -0.121. The lowest BCUT2D eigenvalue weighted by Gasteiger charge is -2.09. The van der Waals surface area contributed by atoms with E-state index < -0.39 is 9.84 Å². The van der Waals surface area contributed by atoms with Crippen molar-refractivity contribution < 1.29 is 13.2 Å². The molecule has 0 fully saturated rings. The third-order valence-electron chi connectivity index (χ3n) is 2.63. The third kappa shape index (κ3) is 5.83. The van der Waals surface area contributed by atoms with Crippen LogP contribution in [-0.4, -0.2) is 32.7 Å². The Bertz CT molecular complexity index is 376. The zero-order chi connectivity index (χ0) is 12.7. The quantitative estimate of drug-likeness (QED) is 0.645. The standard InChI is InChI=1S/C11H20N2O3S/c12-7-4-2-1-3-5-11(14)13-10-6-8-17(15,16)9-10/h6,8,10H,1-5,7,9,12H2,(H,13,14). The van der Waals surface area contributed by atoms with Crippen LogP contribution in [0.3, 0.4) is 0 Å². The Morgan fingerprint density at radius 2 is 2.00 bits per heavy atom. The summed E-state index contributed by atoms with van der Waals surface area (Å²) in [5.74, 6) is -0.0872. The maximum absolute atomic E-state index is 11.5. The number of rotatable bonds is 7. The summed E-state index contributed by atoms with van der Waals surface area (Å²) in [6.45, 7) is 0.691. The number of unbranched alkanes of at least 4 members (excludes halogenated alkanes) is 3. The van der Waals surface area contributed by atoms with Crippen molar-refractivity contribution in [3.05, 3.63) is 11.5 Å². The van der Waals surface area contributed by atoms with Crippen LogP contribution in [0, 0.1) is 0 Å². The second-order valence-electron chi connectivity index (χ2n) is 4.28. The van der Waals surface area contributed by atoms with Gasteiger partial charge >= 0.3 is 0 Å². The van der Waals surface area contributed by atoms with Gasteiger partial charge in [0.1, 0.15) is 0 Å². The molecule has 0 bridgehead atoms. The molecule has 17 heavy (non-hydrogen) atoms. The molecule has 1 aliphatic heterocycles. The first-order chi connectivity index (χ1) is 8.03. The van der Waals surface area contributed by atoms with Crippen molar-refractivity contribution in [1.29, 1.82) is 0 Å². The summed E-state index contributed by atoms with van der Waals surface area (Å²) in [7, 11) is -3.08. The van der Waals surface area contributed by atoms with E-state index >= 15 is 0 Å². The molecule has 1 unspecified atom stereocenters. The van der Waals surface area contributed by atoms with Crippen molar-refractivity contribution in [3.63, 3.8) is 0 Å². The van der Waals surface area contributed by atoms with E-state index in [1.54, 1.807) is 0 Å². The van der Waals surface area contributed by atoms with Crippen LogP contribution in [0.1, 0.15) is 32.1 Å². The molecule has 1 aliphatic rings. The number of hydrogen-bond donors (Lipinski definition) is 2. The second kappa shape index (κ2) is 6.76. The molecule has 5 nitrogen and oxygen atoms in total. The molecule has 0 aliphatic carbocycles. The zero-order valence-electron chi connectivity index (χ0n) is 9.89.